The van der Waals surface area contributed by atoms with Gasteiger partial charge < -0.3 is 10.1 Å². The van der Waals surface area contributed by atoms with Gasteiger partial charge in [-0.1, -0.05) is 29.8 Å². The average molecular weight is 290 g/mol. The third kappa shape index (κ3) is 3.16. The van der Waals surface area contributed by atoms with Gasteiger partial charge in [-0.3, -0.25) is 9.59 Å². The number of anilines is 1. The molecule has 4 nitrogen and oxygen atoms in total. The molecule has 2 rings (SSSR count). The minimum atomic E-state index is -0.212. The molecule has 0 aliphatic carbocycles. The fourth-order valence-electron chi connectivity index (χ4n) is 1.68. The quantitative estimate of drug-likeness (QED) is 0.868. The van der Waals surface area contributed by atoms with Gasteiger partial charge in [0, 0.05) is 6.92 Å². The van der Waals surface area contributed by atoms with E-state index in [0.29, 0.717) is 28.3 Å². The molecule has 0 saturated carbocycles. The Hall–Kier alpha value is -2.33. The van der Waals surface area contributed by atoms with E-state index >= 15 is 0 Å². The Bertz CT molecular complexity index is 655. The number of halogens is 1. The van der Waals surface area contributed by atoms with Gasteiger partial charge in [-0.05, 0) is 24.3 Å². The third-order valence-corrected chi connectivity index (χ3v) is 2.83. The molecule has 2 aromatic rings. The predicted molar refractivity (Wildman–Crippen MR) is 77.7 cm³/mol. The van der Waals surface area contributed by atoms with E-state index in [1.807, 2.05) is 0 Å². The highest BCUT2D eigenvalue weighted by atomic mass is 35.5. The molecule has 102 valence electrons. The predicted octanol–water partition coefficient (Wildman–Crippen LogP) is 3.90. The van der Waals surface area contributed by atoms with Crippen LogP contribution in [0.2, 0.25) is 5.02 Å². The Morgan fingerprint density at radius 3 is 2.65 bits per heavy atom. The lowest BCUT2D eigenvalue weighted by Crippen LogP contribution is -2.07. The maximum Gasteiger partial charge on any atom is 0.221 e. The molecule has 0 radical (unpaired) electrons. The number of carbonyl (C=O) groups is 2. The van der Waals surface area contributed by atoms with E-state index in [0.717, 1.165) is 0 Å². The molecule has 5 heteroatoms. The number of aldehydes is 1. The minimum Gasteiger partial charge on any atom is -0.453 e. The molecule has 0 heterocycles. The molecule has 0 saturated heterocycles. The SMILES string of the molecule is CC(=O)Nc1ccccc1Oc1c(Cl)cccc1C=O. The van der Waals surface area contributed by atoms with Crippen LogP contribution in [-0.4, -0.2) is 12.2 Å². The molecule has 0 aliphatic heterocycles. The van der Waals surface area contributed by atoms with Crippen LogP contribution >= 0.6 is 11.6 Å². The van der Waals surface area contributed by atoms with Gasteiger partial charge in [0.1, 0.15) is 0 Å². The highest BCUT2D eigenvalue weighted by Gasteiger charge is 2.12. The fraction of sp³-hybridized carbons (Fsp3) is 0.0667. The van der Waals surface area contributed by atoms with Gasteiger partial charge in [0.15, 0.2) is 17.8 Å². The summed E-state index contributed by atoms with van der Waals surface area (Å²) in [6, 6.07) is 11.8. The van der Waals surface area contributed by atoms with Gasteiger partial charge in [0.25, 0.3) is 0 Å². The summed E-state index contributed by atoms with van der Waals surface area (Å²) in [5, 5.41) is 2.98. The van der Waals surface area contributed by atoms with Gasteiger partial charge in [-0.2, -0.15) is 0 Å². The number of nitrogens with one attached hydrogen (secondary N) is 1. The minimum absolute atomic E-state index is 0.212. The lowest BCUT2D eigenvalue weighted by Gasteiger charge is -2.13. The summed E-state index contributed by atoms with van der Waals surface area (Å²) in [5.41, 5.74) is 0.854. The molecule has 0 spiro atoms. The van der Waals surface area contributed by atoms with Crippen LogP contribution in [0.1, 0.15) is 17.3 Å². The van der Waals surface area contributed by atoms with E-state index in [1.54, 1.807) is 42.5 Å². The molecular formula is C15H12ClNO3. The highest BCUT2D eigenvalue weighted by molar-refractivity contribution is 6.32. The summed E-state index contributed by atoms with van der Waals surface area (Å²) in [6.45, 7) is 1.41. The van der Waals surface area contributed by atoms with Gasteiger partial charge in [0.05, 0.1) is 16.3 Å². The summed E-state index contributed by atoms with van der Waals surface area (Å²) >= 11 is 6.04. The number of benzene rings is 2. The van der Waals surface area contributed by atoms with Crippen molar-refractivity contribution in [2.45, 2.75) is 6.92 Å². The largest absolute Gasteiger partial charge is 0.453 e. The maximum atomic E-state index is 11.2. The van der Waals surface area contributed by atoms with Crippen molar-refractivity contribution in [3.63, 3.8) is 0 Å². The number of rotatable bonds is 4. The van der Waals surface area contributed by atoms with E-state index in [9.17, 15) is 9.59 Å². The molecule has 2 aromatic carbocycles. The molecule has 1 N–H and O–H groups in total. The first-order valence-electron chi connectivity index (χ1n) is 5.90. The van der Waals surface area contributed by atoms with Gasteiger partial charge in [-0.15, -0.1) is 0 Å². The number of amides is 1. The zero-order valence-corrected chi connectivity index (χ0v) is 11.5. The van der Waals surface area contributed by atoms with Crippen LogP contribution in [0.3, 0.4) is 0 Å². The lowest BCUT2D eigenvalue weighted by atomic mass is 10.2. The zero-order chi connectivity index (χ0) is 14.5. The summed E-state index contributed by atoms with van der Waals surface area (Å²) in [6.07, 6.45) is 0.669. The van der Waals surface area contributed by atoms with Crippen molar-refractivity contribution in [3.05, 3.63) is 53.1 Å². The number of hydrogen-bond acceptors (Lipinski definition) is 3. The van der Waals surface area contributed by atoms with E-state index in [-0.39, 0.29) is 11.7 Å². The first-order valence-corrected chi connectivity index (χ1v) is 6.28. The highest BCUT2D eigenvalue weighted by Crippen LogP contribution is 2.35. The van der Waals surface area contributed by atoms with Crippen LogP contribution in [0.15, 0.2) is 42.5 Å². The van der Waals surface area contributed by atoms with Gasteiger partial charge in [-0.25, -0.2) is 0 Å². The molecule has 0 fully saturated rings. The lowest BCUT2D eigenvalue weighted by molar-refractivity contribution is -0.114. The Kier molecular flexibility index (Phi) is 4.38. The van der Waals surface area contributed by atoms with Crippen LogP contribution in [0, 0.1) is 0 Å². The van der Waals surface area contributed by atoms with Crippen LogP contribution in [0.4, 0.5) is 5.69 Å². The fourth-order valence-corrected chi connectivity index (χ4v) is 1.90. The smallest absolute Gasteiger partial charge is 0.221 e. The van der Waals surface area contributed by atoms with Crippen LogP contribution in [-0.2, 0) is 4.79 Å². The van der Waals surface area contributed by atoms with Crippen LogP contribution in [0.5, 0.6) is 11.5 Å². The molecule has 1 amide bonds. The van der Waals surface area contributed by atoms with Crippen molar-refractivity contribution >= 4 is 29.5 Å². The van der Waals surface area contributed by atoms with E-state index < -0.39 is 0 Å². The first kappa shape index (κ1) is 14.1. The second-order valence-corrected chi connectivity index (χ2v) is 4.46. The number of carbonyl (C=O) groups excluding carboxylic acids is 2. The summed E-state index contributed by atoms with van der Waals surface area (Å²) in [4.78, 5) is 22.2. The normalized spacial score (nSPS) is 9.90. The maximum absolute atomic E-state index is 11.2. The molecule has 0 bridgehead atoms. The van der Waals surface area contributed by atoms with Gasteiger partial charge >= 0.3 is 0 Å². The third-order valence-electron chi connectivity index (χ3n) is 2.53. The van der Waals surface area contributed by atoms with E-state index in [2.05, 4.69) is 5.32 Å². The van der Waals surface area contributed by atoms with Crippen LogP contribution < -0.4 is 10.1 Å². The molecule has 20 heavy (non-hydrogen) atoms. The Morgan fingerprint density at radius 1 is 1.20 bits per heavy atom. The van der Waals surface area contributed by atoms with Crippen molar-refractivity contribution < 1.29 is 14.3 Å². The first-order chi connectivity index (χ1) is 9.61. The van der Waals surface area contributed by atoms with Crippen molar-refractivity contribution in [1.82, 2.24) is 0 Å². The number of para-hydroxylation sites is 3. The molecule has 0 unspecified atom stereocenters. The summed E-state index contributed by atoms with van der Waals surface area (Å²) < 4.78 is 5.69. The van der Waals surface area contributed by atoms with Crippen molar-refractivity contribution in [1.29, 1.82) is 0 Å². The topological polar surface area (TPSA) is 55.4 Å². The zero-order valence-electron chi connectivity index (χ0n) is 10.7. The molecule has 0 atom stereocenters. The van der Waals surface area contributed by atoms with Crippen LogP contribution in [0.25, 0.3) is 0 Å². The second-order valence-electron chi connectivity index (χ2n) is 4.06. The molecule has 0 aromatic heterocycles. The Morgan fingerprint density at radius 2 is 1.95 bits per heavy atom. The monoisotopic (exact) mass is 289 g/mol. The summed E-state index contributed by atoms with van der Waals surface area (Å²) in [5.74, 6) is 0.469. The molecule has 0 aliphatic rings. The number of ether oxygens (including phenoxy) is 1. The second kappa shape index (κ2) is 6.21. The Labute approximate surface area is 121 Å². The summed E-state index contributed by atoms with van der Waals surface area (Å²) in [7, 11) is 0. The average Bonchev–Trinajstić information content (AvgIpc) is 2.42. The van der Waals surface area contributed by atoms with Crippen molar-refractivity contribution in [2.75, 3.05) is 5.32 Å². The number of hydrogen-bond donors (Lipinski definition) is 1. The van der Waals surface area contributed by atoms with E-state index in [4.69, 9.17) is 16.3 Å². The standard InChI is InChI=1S/C15H12ClNO3/c1-10(19)17-13-7-2-3-8-14(13)20-15-11(9-18)5-4-6-12(15)16/h2-9H,1H3,(H,17,19). The van der Waals surface area contributed by atoms with Crippen molar-refractivity contribution in [3.8, 4) is 11.5 Å². The van der Waals surface area contributed by atoms with Gasteiger partial charge in [0.2, 0.25) is 5.91 Å². The van der Waals surface area contributed by atoms with Crippen molar-refractivity contribution in [2.24, 2.45) is 0 Å². The Balaban J connectivity index is 2.40. The molecular weight excluding hydrogens is 278 g/mol. The van der Waals surface area contributed by atoms with E-state index in [1.165, 1.54) is 6.92 Å².